The Hall–Kier alpha value is -1.000. The van der Waals surface area contributed by atoms with E-state index in [2.05, 4.69) is 59.6 Å². The van der Waals surface area contributed by atoms with E-state index in [1.165, 1.54) is 17.0 Å². The number of hydrogen-bond acceptors (Lipinski definition) is 0. The molecular weight excluding hydrogens is 409 g/mol. The molecule has 4 heteroatoms. The first kappa shape index (κ1) is 17.4. The Morgan fingerprint density at radius 1 is 1.14 bits per heavy atom. The maximum Gasteiger partial charge on any atom is 0.209 e. The summed E-state index contributed by atoms with van der Waals surface area (Å²) in [5.74, 6) is -0.154. The van der Waals surface area contributed by atoms with Crippen molar-refractivity contribution in [1.29, 1.82) is 0 Å². The fourth-order valence-corrected chi connectivity index (χ4v) is 3.67. The zero-order valence-corrected chi connectivity index (χ0v) is 16.0. The van der Waals surface area contributed by atoms with Crippen LogP contribution in [0, 0.1) is 5.82 Å². The van der Waals surface area contributed by atoms with Crippen LogP contribution in [0.4, 0.5) is 10.1 Å². The monoisotopic (exact) mass is 425 g/mol. The summed E-state index contributed by atoms with van der Waals surface area (Å²) < 4.78 is 17.1. The van der Waals surface area contributed by atoms with Crippen molar-refractivity contribution < 1.29 is 25.9 Å². The van der Waals surface area contributed by atoms with Gasteiger partial charge in [0.05, 0.1) is 9.89 Å². The van der Waals surface area contributed by atoms with Crippen LogP contribution in [-0.4, -0.2) is 17.3 Å². The average Bonchev–Trinajstić information content (AvgIpc) is 2.67. The Balaban J connectivity index is 0.00000176. The third kappa shape index (κ3) is 2.56. The summed E-state index contributed by atoms with van der Waals surface area (Å²) in [6.07, 6.45) is 0.658. The molecule has 3 rings (SSSR count). The van der Waals surface area contributed by atoms with E-state index in [0.717, 1.165) is 5.56 Å². The lowest BCUT2D eigenvalue weighted by Crippen LogP contribution is -3.00. The Labute approximate surface area is 149 Å². The van der Waals surface area contributed by atoms with Gasteiger partial charge in [0.1, 0.15) is 12.9 Å². The van der Waals surface area contributed by atoms with Gasteiger partial charge in [-0.2, -0.15) is 0 Å². The van der Waals surface area contributed by atoms with E-state index in [1.54, 1.807) is 6.07 Å². The van der Waals surface area contributed by atoms with Crippen LogP contribution >= 0.6 is 15.9 Å². The molecule has 0 saturated heterocycles. The van der Waals surface area contributed by atoms with Gasteiger partial charge in [-0.15, -0.1) is 0 Å². The van der Waals surface area contributed by atoms with Crippen LogP contribution in [0.2, 0.25) is 0 Å². The van der Waals surface area contributed by atoms with Gasteiger partial charge in [-0.05, 0) is 40.9 Å². The first-order chi connectivity index (χ1) is 9.95. The minimum Gasteiger partial charge on any atom is -1.00 e. The molecule has 1 aliphatic rings. The van der Waals surface area contributed by atoms with Gasteiger partial charge in [0.25, 0.3) is 0 Å². The molecule has 0 bridgehead atoms. The first-order valence-corrected chi connectivity index (χ1v) is 7.84. The van der Waals surface area contributed by atoms with Crippen LogP contribution in [-0.2, 0) is 11.8 Å². The van der Waals surface area contributed by atoms with Crippen molar-refractivity contribution in [1.82, 2.24) is 0 Å². The molecule has 1 unspecified atom stereocenters. The number of rotatable bonds is 2. The van der Waals surface area contributed by atoms with Crippen LogP contribution in [0.15, 0.2) is 46.9 Å². The van der Waals surface area contributed by atoms with Crippen LogP contribution in [0.3, 0.4) is 0 Å². The number of para-hydroxylation sites is 1. The Morgan fingerprint density at radius 3 is 2.55 bits per heavy atom. The molecule has 1 atom stereocenters. The second-order valence-corrected chi connectivity index (χ2v) is 6.74. The summed E-state index contributed by atoms with van der Waals surface area (Å²) in [6, 6.07) is 13.9. The highest BCUT2D eigenvalue weighted by atomic mass is 79.9. The topological polar surface area (TPSA) is 3.01 Å². The van der Waals surface area contributed by atoms with Crippen molar-refractivity contribution in [2.45, 2.75) is 25.7 Å². The first-order valence-electron chi connectivity index (χ1n) is 7.05. The molecule has 0 amide bonds. The number of nitrogens with zero attached hydrogens (tertiary/aromatic N) is 1. The van der Waals surface area contributed by atoms with E-state index in [9.17, 15) is 4.39 Å². The molecule has 1 nitrogen and oxygen atoms in total. The summed E-state index contributed by atoms with van der Waals surface area (Å²) in [7, 11) is 2.08. The zero-order chi connectivity index (χ0) is 15.2. The van der Waals surface area contributed by atoms with Crippen molar-refractivity contribution >= 4 is 27.3 Å². The van der Waals surface area contributed by atoms with Crippen LogP contribution in [0.5, 0.6) is 0 Å². The number of fused-ring (bicyclic) bond motifs is 1. The maximum absolute atomic E-state index is 14.4. The van der Waals surface area contributed by atoms with E-state index in [4.69, 9.17) is 0 Å². The largest absolute Gasteiger partial charge is 1.00 e. The quantitative estimate of drug-likeness (QED) is 0.644. The van der Waals surface area contributed by atoms with Crippen LogP contribution in [0.1, 0.15) is 25.0 Å². The van der Waals surface area contributed by atoms with Crippen LogP contribution < -0.4 is 17.0 Å². The van der Waals surface area contributed by atoms with Crippen molar-refractivity contribution in [3.8, 4) is 0 Å². The van der Waals surface area contributed by atoms with E-state index in [1.807, 2.05) is 18.2 Å². The zero-order valence-electron chi connectivity index (χ0n) is 12.8. The van der Waals surface area contributed by atoms with Gasteiger partial charge in [-0.3, -0.25) is 0 Å². The van der Waals surface area contributed by atoms with Gasteiger partial charge in [-0.1, -0.05) is 30.3 Å². The van der Waals surface area contributed by atoms with Crippen molar-refractivity contribution in [3.05, 3.63) is 63.9 Å². The highest BCUT2D eigenvalue weighted by molar-refractivity contribution is 9.10. The second-order valence-electron chi connectivity index (χ2n) is 5.88. The molecule has 0 N–H and O–H groups in total. The maximum atomic E-state index is 14.4. The SMILES string of the molecule is CC1=[N+](C)c2ccccc2C1(C)Cc1cccc(Br)c1F.[Br-]. The summed E-state index contributed by atoms with van der Waals surface area (Å²) in [5, 5.41) is 0. The molecule has 1 heterocycles. The van der Waals surface area contributed by atoms with Gasteiger partial charge < -0.3 is 17.0 Å². The molecule has 0 aromatic heterocycles. The third-order valence-electron chi connectivity index (χ3n) is 4.74. The third-order valence-corrected chi connectivity index (χ3v) is 5.35. The summed E-state index contributed by atoms with van der Waals surface area (Å²) >= 11 is 3.28. The molecule has 116 valence electrons. The van der Waals surface area contributed by atoms with Crippen molar-refractivity contribution in [2.75, 3.05) is 7.05 Å². The molecule has 0 radical (unpaired) electrons. The average molecular weight is 427 g/mol. The van der Waals surface area contributed by atoms with Gasteiger partial charge >= 0.3 is 0 Å². The fraction of sp³-hybridized carbons (Fsp3) is 0.278. The van der Waals surface area contributed by atoms with Gasteiger partial charge in [-0.25, -0.2) is 8.97 Å². The minimum atomic E-state index is -0.174. The predicted molar refractivity (Wildman–Crippen MR) is 88.1 cm³/mol. The smallest absolute Gasteiger partial charge is 0.209 e. The van der Waals surface area contributed by atoms with E-state index in [0.29, 0.717) is 10.9 Å². The van der Waals surface area contributed by atoms with Crippen molar-refractivity contribution in [2.24, 2.45) is 0 Å². The van der Waals surface area contributed by atoms with E-state index >= 15 is 0 Å². The highest BCUT2D eigenvalue weighted by Crippen LogP contribution is 2.41. The molecular formula is C18H18Br2FN. The summed E-state index contributed by atoms with van der Waals surface area (Å²) in [5.41, 5.74) is 4.31. The van der Waals surface area contributed by atoms with E-state index < -0.39 is 0 Å². The normalized spacial score (nSPS) is 19.9. The lowest BCUT2D eigenvalue weighted by Gasteiger charge is -2.22. The van der Waals surface area contributed by atoms with Gasteiger partial charge in [0, 0.05) is 18.6 Å². The summed E-state index contributed by atoms with van der Waals surface area (Å²) in [6.45, 7) is 4.33. The minimum absolute atomic E-state index is 0. The fourth-order valence-electron chi connectivity index (χ4n) is 3.27. The molecule has 2 aromatic carbocycles. The standard InChI is InChI=1S/C18H18BrFN.BrH/c1-12-18(2,11-13-7-6-9-15(19)17(13)20)14-8-4-5-10-16(14)21(12)3;/h4-10H,11H2,1-3H3;1H/q+1;/p-1. The van der Waals surface area contributed by atoms with Gasteiger partial charge in [0.2, 0.25) is 5.69 Å². The number of benzene rings is 2. The Kier molecular flexibility index (Phi) is 4.93. The number of hydrogen-bond donors (Lipinski definition) is 0. The lowest BCUT2D eigenvalue weighted by molar-refractivity contribution is -0.403. The molecule has 22 heavy (non-hydrogen) atoms. The van der Waals surface area contributed by atoms with Crippen LogP contribution in [0.25, 0.3) is 0 Å². The number of halogens is 3. The predicted octanol–water partition coefficient (Wildman–Crippen LogP) is 1.84. The van der Waals surface area contributed by atoms with E-state index in [-0.39, 0.29) is 28.2 Å². The highest BCUT2D eigenvalue weighted by Gasteiger charge is 2.45. The Bertz CT molecular complexity index is 755. The Morgan fingerprint density at radius 2 is 1.82 bits per heavy atom. The molecule has 0 saturated carbocycles. The lowest BCUT2D eigenvalue weighted by atomic mass is 9.75. The van der Waals surface area contributed by atoms with Crippen molar-refractivity contribution in [3.63, 3.8) is 0 Å². The molecule has 0 fully saturated rings. The summed E-state index contributed by atoms with van der Waals surface area (Å²) in [4.78, 5) is 0. The molecule has 2 aromatic rings. The second kappa shape index (κ2) is 6.25. The van der Waals surface area contributed by atoms with Gasteiger partial charge in [0.15, 0.2) is 5.71 Å². The molecule has 0 spiro atoms. The molecule has 0 aliphatic carbocycles. The molecule has 1 aliphatic heterocycles.